The fraction of sp³-hybridized carbons (Fsp3) is 0.600. The van der Waals surface area contributed by atoms with Crippen molar-refractivity contribution in [3.05, 3.63) is 17.4 Å². The minimum absolute atomic E-state index is 0.0477. The van der Waals surface area contributed by atoms with E-state index >= 15 is 0 Å². The number of rotatable bonds is 1. The normalized spacial score (nSPS) is 20.3. The van der Waals surface area contributed by atoms with E-state index in [-0.39, 0.29) is 5.54 Å². The summed E-state index contributed by atoms with van der Waals surface area (Å²) in [5.41, 5.74) is 0.0477. The lowest BCUT2D eigenvalue weighted by Gasteiger charge is -2.42. The second-order valence-corrected chi connectivity index (χ2v) is 4.78. The van der Waals surface area contributed by atoms with Crippen LogP contribution in [0.1, 0.15) is 13.8 Å². The smallest absolute Gasteiger partial charge is 0.225 e. The molecule has 4 nitrogen and oxygen atoms in total. The van der Waals surface area contributed by atoms with E-state index in [2.05, 4.69) is 34.0 Å². The predicted molar refractivity (Wildman–Crippen MR) is 61.3 cm³/mol. The van der Waals surface area contributed by atoms with Crippen LogP contribution in [0.4, 0.5) is 5.95 Å². The van der Waals surface area contributed by atoms with Crippen LogP contribution in [-0.2, 0) is 0 Å². The average molecular weight is 227 g/mol. The van der Waals surface area contributed by atoms with E-state index in [0.717, 1.165) is 25.6 Å². The molecule has 1 aliphatic rings. The molecule has 0 amide bonds. The van der Waals surface area contributed by atoms with E-state index in [0.29, 0.717) is 5.02 Å². The van der Waals surface area contributed by atoms with Crippen LogP contribution in [0.3, 0.4) is 0 Å². The number of anilines is 1. The number of nitrogens with zero attached hydrogens (tertiary/aromatic N) is 3. The van der Waals surface area contributed by atoms with Crippen LogP contribution in [0.2, 0.25) is 5.02 Å². The van der Waals surface area contributed by atoms with Crippen molar-refractivity contribution in [1.82, 2.24) is 15.3 Å². The summed E-state index contributed by atoms with van der Waals surface area (Å²) in [6, 6.07) is 0. The van der Waals surface area contributed by atoms with Crippen molar-refractivity contribution in [2.75, 3.05) is 24.5 Å². The minimum Gasteiger partial charge on any atom is -0.333 e. The molecule has 1 saturated heterocycles. The third-order valence-electron chi connectivity index (χ3n) is 2.65. The van der Waals surface area contributed by atoms with Gasteiger partial charge in [-0.3, -0.25) is 0 Å². The molecule has 0 atom stereocenters. The van der Waals surface area contributed by atoms with Crippen molar-refractivity contribution in [1.29, 1.82) is 0 Å². The summed E-state index contributed by atoms with van der Waals surface area (Å²) in [6.45, 7) is 7.19. The molecule has 5 heteroatoms. The maximum atomic E-state index is 5.77. The van der Waals surface area contributed by atoms with Gasteiger partial charge < -0.3 is 10.2 Å². The monoisotopic (exact) mass is 226 g/mol. The summed E-state index contributed by atoms with van der Waals surface area (Å²) < 4.78 is 0. The minimum atomic E-state index is 0.0477. The lowest BCUT2D eigenvalue weighted by Crippen LogP contribution is -2.58. The Kier molecular flexibility index (Phi) is 2.80. The van der Waals surface area contributed by atoms with Crippen LogP contribution >= 0.6 is 11.6 Å². The lowest BCUT2D eigenvalue weighted by atomic mass is 10.0. The van der Waals surface area contributed by atoms with Crippen molar-refractivity contribution in [2.45, 2.75) is 19.4 Å². The van der Waals surface area contributed by atoms with Gasteiger partial charge in [-0.1, -0.05) is 11.6 Å². The zero-order valence-electron chi connectivity index (χ0n) is 9.00. The van der Waals surface area contributed by atoms with E-state index in [1.165, 1.54) is 0 Å². The highest BCUT2D eigenvalue weighted by Gasteiger charge is 2.31. The van der Waals surface area contributed by atoms with Crippen molar-refractivity contribution < 1.29 is 0 Å². The Balaban J connectivity index is 2.25. The Bertz CT molecular complexity index is 336. The molecule has 1 N–H and O–H groups in total. The number of piperazine rings is 1. The Morgan fingerprint density at radius 3 is 2.67 bits per heavy atom. The van der Waals surface area contributed by atoms with Crippen molar-refractivity contribution in [3.63, 3.8) is 0 Å². The fourth-order valence-electron chi connectivity index (χ4n) is 1.80. The molecule has 1 aliphatic heterocycles. The molecule has 2 heterocycles. The first kappa shape index (κ1) is 10.6. The van der Waals surface area contributed by atoms with Gasteiger partial charge >= 0.3 is 0 Å². The molecule has 0 aliphatic carbocycles. The van der Waals surface area contributed by atoms with Crippen LogP contribution in [-0.4, -0.2) is 35.1 Å². The van der Waals surface area contributed by atoms with Gasteiger partial charge in [-0.05, 0) is 13.8 Å². The lowest BCUT2D eigenvalue weighted by molar-refractivity contribution is 0.375. The molecule has 0 radical (unpaired) electrons. The quantitative estimate of drug-likeness (QED) is 0.784. The van der Waals surface area contributed by atoms with Gasteiger partial charge in [0.15, 0.2) is 0 Å². The summed E-state index contributed by atoms with van der Waals surface area (Å²) in [7, 11) is 0. The Morgan fingerprint density at radius 1 is 1.40 bits per heavy atom. The van der Waals surface area contributed by atoms with E-state index in [4.69, 9.17) is 11.6 Å². The maximum Gasteiger partial charge on any atom is 0.225 e. The SMILES string of the molecule is CC1(C)CNCCN1c1ncc(Cl)cn1. The highest BCUT2D eigenvalue weighted by atomic mass is 35.5. The third kappa shape index (κ3) is 2.21. The molecule has 0 unspecified atom stereocenters. The standard InChI is InChI=1S/C10H15ClN4/c1-10(2)7-12-3-4-15(10)9-13-5-8(11)6-14-9/h5-6,12H,3-4,7H2,1-2H3. The van der Waals surface area contributed by atoms with Gasteiger partial charge in [-0.2, -0.15) is 0 Å². The van der Waals surface area contributed by atoms with Gasteiger partial charge in [0.05, 0.1) is 17.4 Å². The fourth-order valence-corrected chi connectivity index (χ4v) is 1.90. The van der Waals surface area contributed by atoms with Gasteiger partial charge in [-0.25, -0.2) is 9.97 Å². The summed E-state index contributed by atoms with van der Waals surface area (Å²) in [5, 5.41) is 3.94. The first-order valence-electron chi connectivity index (χ1n) is 5.05. The zero-order valence-corrected chi connectivity index (χ0v) is 9.75. The number of nitrogens with one attached hydrogen (secondary N) is 1. The second kappa shape index (κ2) is 3.94. The molecule has 1 aromatic heterocycles. The molecular formula is C10H15ClN4. The zero-order chi connectivity index (χ0) is 10.9. The first-order valence-corrected chi connectivity index (χ1v) is 5.43. The first-order chi connectivity index (χ1) is 7.09. The highest BCUT2D eigenvalue weighted by Crippen LogP contribution is 2.21. The highest BCUT2D eigenvalue weighted by molar-refractivity contribution is 6.30. The van der Waals surface area contributed by atoms with Gasteiger partial charge in [0.2, 0.25) is 5.95 Å². The van der Waals surface area contributed by atoms with Crippen LogP contribution in [0, 0.1) is 0 Å². The Labute approximate surface area is 94.7 Å². The Hall–Kier alpha value is -0.870. The molecule has 1 aromatic rings. The number of hydrogen-bond donors (Lipinski definition) is 1. The summed E-state index contributed by atoms with van der Waals surface area (Å²) in [4.78, 5) is 10.7. The van der Waals surface area contributed by atoms with Gasteiger partial charge in [0.25, 0.3) is 0 Å². The van der Waals surface area contributed by atoms with Crippen LogP contribution in [0.5, 0.6) is 0 Å². The molecule has 0 saturated carbocycles. The molecular weight excluding hydrogens is 212 g/mol. The van der Waals surface area contributed by atoms with E-state index in [9.17, 15) is 0 Å². The molecule has 0 aromatic carbocycles. The molecule has 0 bridgehead atoms. The van der Waals surface area contributed by atoms with E-state index < -0.39 is 0 Å². The van der Waals surface area contributed by atoms with Crippen LogP contribution in [0.25, 0.3) is 0 Å². The van der Waals surface area contributed by atoms with E-state index in [1.807, 2.05) is 0 Å². The third-order valence-corrected chi connectivity index (χ3v) is 2.84. The number of hydrogen-bond acceptors (Lipinski definition) is 4. The van der Waals surface area contributed by atoms with Gasteiger partial charge in [-0.15, -0.1) is 0 Å². The van der Waals surface area contributed by atoms with Crippen molar-refractivity contribution >= 4 is 17.5 Å². The predicted octanol–water partition coefficient (Wildman–Crippen LogP) is 1.32. The topological polar surface area (TPSA) is 41.0 Å². The van der Waals surface area contributed by atoms with Crippen LogP contribution < -0.4 is 10.2 Å². The van der Waals surface area contributed by atoms with Gasteiger partial charge in [0, 0.05) is 25.2 Å². The average Bonchev–Trinajstić information content (AvgIpc) is 2.19. The summed E-state index contributed by atoms with van der Waals surface area (Å²) >= 11 is 5.77. The van der Waals surface area contributed by atoms with Crippen molar-refractivity contribution in [3.8, 4) is 0 Å². The largest absolute Gasteiger partial charge is 0.333 e. The van der Waals surface area contributed by atoms with Gasteiger partial charge in [0.1, 0.15) is 0 Å². The van der Waals surface area contributed by atoms with Crippen LogP contribution in [0.15, 0.2) is 12.4 Å². The summed E-state index contributed by atoms with van der Waals surface area (Å²) in [6.07, 6.45) is 3.28. The molecule has 0 spiro atoms. The molecule has 82 valence electrons. The van der Waals surface area contributed by atoms with E-state index in [1.54, 1.807) is 12.4 Å². The number of halogens is 1. The van der Waals surface area contributed by atoms with Crippen molar-refractivity contribution in [2.24, 2.45) is 0 Å². The summed E-state index contributed by atoms with van der Waals surface area (Å²) in [5.74, 6) is 0.755. The second-order valence-electron chi connectivity index (χ2n) is 4.34. The molecule has 2 rings (SSSR count). The maximum absolute atomic E-state index is 5.77. The molecule has 1 fully saturated rings. The molecule has 15 heavy (non-hydrogen) atoms. The number of aromatic nitrogens is 2. The Morgan fingerprint density at radius 2 is 2.07 bits per heavy atom.